The van der Waals surface area contributed by atoms with E-state index in [4.69, 9.17) is 5.73 Å². The van der Waals surface area contributed by atoms with Crippen LogP contribution in [0.5, 0.6) is 0 Å². The van der Waals surface area contributed by atoms with E-state index in [0.29, 0.717) is 29.8 Å². The zero-order valence-corrected chi connectivity index (χ0v) is 12.7. The SMILES string of the molecule is CC1CN(S(=O)(=O)c2ccc(CCN)cc2)CCS1. The van der Waals surface area contributed by atoms with E-state index in [0.717, 1.165) is 17.7 Å². The molecular weight excluding hydrogens is 280 g/mol. The first kappa shape index (κ1) is 14.8. The Morgan fingerprint density at radius 1 is 1.37 bits per heavy atom. The van der Waals surface area contributed by atoms with E-state index in [9.17, 15) is 8.42 Å². The van der Waals surface area contributed by atoms with E-state index in [1.54, 1.807) is 16.4 Å². The van der Waals surface area contributed by atoms with Crippen LogP contribution in [0.3, 0.4) is 0 Å². The summed E-state index contributed by atoms with van der Waals surface area (Å²) in [4.78, 5) is 0.382. The van der Waals surface area contributed by atoms with Crippen LogP contribution in [0.4, 0.5) is 0 Å². The lowest BCUT2D eigenvalue weighted by Crippen LogP contribution is -2.40. The number of nitrogens with zero attached hydrogens (tertiary/aromatic N) is 1. The van der Waals surface area contributed by atoms with Gasteiger partial charge in [-0.15, -0.1) is 0 Å². The second-order valence-electron chi connectivity index (χ2n) is 4.73. The molecule has 1 saturated heterocycles. The summed E-state index contributed by atoms with van der Waals surface area (Å²) >= 11 is 1.82. The Bertz CT molecular complexity index is 514. The van der Waals surface area contributed by atoms with Crippen LogP contribution in [0.1, 0.15) is 12.5 Å². The van der Waals surface area contributed by atoms with Gasteiger partial charge in [-0.1, -0.05) is 19.1 Å². The van der Waals surface area contributed by atoms with Gasteiger partial charge in [0, 0.05) is 24.1 Å². The highest BCUT2D eigenvalue weighted by atomic mass is 32.2. The summed E-state index contributed by atoms with van der Waals surface area (Å²) < 4.78 is 26.6. The lowest BCUT2D eigenvalue weighted by molar-refractivity contribution is 0.424. The van der Waals surface area contributed by atoms with Crippen LogP contribution in [0.25, 0.3) is 0 Å². The molecule has 0 saturated carbocycles. The molecule has 1 unspecified atom stereocenters. The fraction of sp³-hybridized carbons (Fsp3) is 0.538. The standard InChI is InChI=1S/C13H20N2O2S2/c1-11-10-15(8-9-18-11)19(16,17)13-4-2-12(3-5-13)6-7-14/h2-5,11H,6-10,14H2,1H3. The van der Waals surface area contributed by atoms with Crippen molar-refractivity contribution in [3.63, 3.8) is 0 Å². The molecule has 0 radical (unpaired) electrons. The number of benzene rings is 1. The number of sulfonamides is 1. The van der Waals surface area contributed by atoms with Gasteiger partial charge in [-0.25, -0.2) is 8.42 Å². The summed E-state index contributed by atoms with van der Waals surface area (Å²) in [5.74, 6) is 0.867. The first-order chi connectivity index (χ1) is 9.04. The van der Waals surface area contributed by atoms with Gasteiger partial charge >= 0.3 is 0 Å². The molecule has 2 N–H and O–H groups in total. The van der Waals surface area contributed by atoms with Gasteiger partial charge in [-0.3, -0.25) is 0 Å². The molecule has 19 heavy (non-hydrogen) atoms. The molecule has 2 rings (SSSR count). The summed E-state index contributed by atoms with van der Waals surface area (Å²) in [5.41, 5.74) is 6.56. The molecule has 1 atom stereocenters. The molecular formula is C13H20N2O2S2. The fourth-order valence-electron chi connectivity index (χ4n) is 2.15. The largest absolute Gasteiger partial charge is 0.330 e. The van der Waals surface area contributed by atoms with Crippen LogP contribution in [0, 0.1) is 0 Å². The van der Waals surface area contributed by atoms with Crippen molar-refractivity contribution >= 4 is 21.8 Å². The molecule has 0 spiro atoms. The lowest BCUT2D eigenvalue weighted by atomic mass is 10.2. The third-order valence-corrected chi connectivity index (χ3v) is 6.21. The third-order valence-electron chi connectivity index (χ3n) is 3.20. The zero-order valence-electron chi connectivity index (χ0n) is 11.1. The van der Waals surface area contributed by atoms with Gasteiger partial charge in [0.1, 0.15) is 0 Å². The van der Waals surface area contributed by atoms with Crippen LogP contribution in [0.15, 0.2) is 29.2 Å². The molecule has 4 nitrogen and oxygen atoms in total. The van der Waals surface area contributed by atoms with Crippen LogP contribution >= 0.6 is 11.8 Å². The lowest BCUT2D eigenvalue weighted by Gasteiger charge is -2.29. The molecule has 1 aromatic carbocycles. The third kappa shape index (κ3) is 3.51. The predicted molar refractivity (Wildman–Crippen MR) is 79.9 cm³/mol. The van der Waals surface area contributed by atoms with Gasteiger partial charge in [0.05, 0.1) is 4.90 Å². The molecule has 0 aliphatic carbocycles. The summed E-state index contributed by atoms with van der Waals surface area (Å²) in [7, 11) is -3.34. The average Bonchev–Trinajstić information content (AvgIpc) is 2.40. The van der Waals surface area contributed by atoms with Crippen LogP contribution in [-0.2, 0) is 16.4 Å². The van der Waals surface area contributed by atoms with E-state index in [-0.39, 0.29) is 0 Å². The highest BCUT2D eigenvalue weighted by Gasteiger charge is 2.28. The maximum Gasteiger partial charge on any atom is 0.243 e. The van der Waals surface area contributed by atoms with Crippen molar-refractivity contribution < 1.29 is 8.42 Å². The Labute approximate surface area is 119 Å². The zero-order chi connectivity index (χ0) is 13.9. The number of thioether (sulfide) groups is 1. The minimum Gasteiger partial charge on any atom is -0.330 e. The minimum absolute atomic E-state index is 0.361. The topological polar surface area (TPSA) is 63.4 Å². The Morgan fingerprint density at radius 3 is 2.63 bits per heavy atom. The summed E-state index contributed by atoms with van der Waals surface area (Å²) in [5, 5.41) is 0.361. The van der Waals surface area contributed by atoms with Crippen molar-refractivity contribution in [3.05, 3.63) is 29.8 Å². The van der Waals surface area contributed by atoms with Gasteiger partial charge in [-0.05, 0) is 30.7 Å². The monoisotopic (exact) mass is 300 g/mol. The van der Waals surface area contributed by atoms with E-state index in [1.165, 1.54) is 0 Å². The first-order valence-corrected chi connectivity index (χ1v) is 8.93. The second-order valence-corrected chi connectivity index (χ2v) is 8.21. The summed E-state index contributed by atoms with van der Waals surface area (Å²) in [6.45, 7) is 3.84. The normalized spacial score (nSPS) is 21.5. The van der Waals surface area contributed by atoms with Crippen molar-refractivity contribution in [1.82, 2.24) is 4.31 Å². The molecule has 0 bridgehead atoms. The van der Waals surface area contributed by atoms with Gasteiger partial charge in [0.25, 0.3) is 0 Å². The molecule has 0 aromatic heterocycles. The van der Waals surface area contributed by atoms with Crippen molar-refractivity contribution in [2.75, 3.05) is 25.4 Å². The van der Waals surface area contributed by atoms with E-state index < -0.39 is 10.0 Å². The van der Waals surface area contributed by atoms with Crippen molar-refractivity contribution in [2.45, 2.75) is 23.5 Å². The van der Waals surface area contributed by atoms with Gasteiger partial charge in [0.2, 0.25) is 10.0 Å². The highest BCUT2D eigenvalue weighted by molar-refractivity contribution is 8.00. The van der Waals surface area contributed by atoms with E-state index in [2.05, 4.69) is 6.92 Å². The smallest absolute Gasteiger partial charge is 0.243 e. The van der Waals surface area contributed by atoms with Crippen molar-refractivity contribution in [3.8, 4) is 0 Å². The molecule has 1 aliphatic rings. The van der Waals surface area contributed by atoms with Crippen molar-refractivity contribution in [1.29, 1.82) is 0 Å². The number of nitrogens with two attached hydrogens (primary N) is 1. The second kappa shape index (κ2) is 6.26. The summed E-state index contributed by atoms with van der Waals surface area (Å²) in [6, 6.07) is 7.07. The maximum absolute atomic E-state index is 12.5. The predicted octanol–water partition coefficient (Wildman–Crippen LogP) is 1.31. The Hall–Kier alpha value is -0.560. The average molecular weight is 300 g/mol. The fourth-order valence-corrected chi connectivity index (χ4v) is 4.90. The molecule has 6 heteroatoms. The number of rotatable bonds is 4. The van der Waals surface area contributed by atoms with Crippen LogP contribution < -0.4 is 5.73 Å². The maximum atomic E-state index is 12.5. The van der Waals surface area contributed by atoms with Gasteiger partial charge in [-0.2, -0.15) is 16.1 Å². The van der Waals surface area contributed by atoms with Crippen molar-refractivity contribution in [2.24, 2.45) is 5.73 Å². The van der Waals surface area contributed by atoms with E-state index >= 15 is 0 Å². The first-order valence-electron chi connectivity index (χ1n) is 6.45. The molecule has 0 amide bonds. The number of hydrogen-bond acceptors (Lipinski definition) is 4. The van der Waals surface area contributed by atoms with E-state index in [1.807, 2.05) is 23.9 Å². The Morgan fingerprint density at radius 2 is 2.05 bits per heavy atom. The van der Waals surface area contributed by atoms with Crippen LogP contribution in [-0.4, -0.2) is 43.4 Å². The molecule has 1 fully saturated rings. The quantitative estimate of drug-likeness (QED) is 0.911. The Kier molecular flexibility index (Phi) is 4.89. The molecule has 1 heterocycles. The number of hydrogen-bond donors (Lipinski definition) is 1. The molecule has 1 aliphatic heterocycles. The highest BCUT2D eigenvalue weighted by Crippen LogP contribution is 2.24. The molecule has 1 aromatic rings. The van der Waals surface area contributed by atoms with Crippen LogP contribution in [0.2, 0.25) is 0 Å². The summed E-state index contributed by atoms with van der Waals surface area (Å²) in [6.07, 6.45) is 0.776. The van der Waals surface area contributed by atoms with Gasteiger partial charge in [0.15, 0.2) is 0 Å². The molecule has 106 valence electrons. The minimum atomic E-state index is -3.34. The van der Waals surface area contributed by atoms with Gasteiger partial charge < -0.3 is 5.73 Å². The Balaban J connectivity index is 2.18.